The number of fused-ring (bicyclic) bond motifs is 1. The van der Waals surface area contributed by atoms with E-state index in [0.29, 0.717) is 31.2 Å². The maximum absolute atomic E-state index is 12.8. The Morgan fingerprint density at radius 2 is 1.86 bits per heavy atom. The molecule has 0 bridgehead atoms. The zero-order valence-electron chi connectivity index (χ0n) is 16.5. The van der Waals surface area contributed by atoms with E-state index in [4.69, 9.17) is 9.47 Å². The molecule has 1 atom stereocenters. The third-order valence-electron chi connectivity index (χ3n) is 4.84. The molecule has 150 valence electrons. The van der Waals surface area contributed by atoms with Crippen LogP contribution in [0.1, 0.15) is 41.5 Å². The summed E-state index contributed by atoms with van der Waals surface area (Å²) in [5, 5.41) is 11.2. The highest BCUT2D eigenvalue weighted by molar-refractivity contribution is 5.92. The Morgan fingerprint density at radius 3 is 2.62 bits per heavy atom. The lowest BCUT2D eigenvalue weighted by atomic mass is 9.95. The van der Waals surface area contributed by atoms with E-state index >= 15 is 0 Å². The van der Waals surface area contributed by atoms with E-state index in [1.807, 2.05) is 48.5 Å². The SMILES string of the molecule is CC(C)[C@H](NC(=O)c1cn(Cc2ccccc2)nn1)c1ccc2c(c1)OCCO2. The number of rotatable bonds is 6. The first-order valence-electron chi connectivity index (χ1n) is 9.74. The molecule has 0 radical (unpaired) electrons. The molecular formula is C22H24N4O3. The maximum Gasteiger partial charge on any atom is 0.273 e. The molecular weight excluding hydrogens is 368 g/mol. The fraction of sp³-hybridized carbons (Fsp3) is 0.318. The van der Waals surface area contributed by atoms with Gasteiger partial charge < -0.3 is 14.8 Å². The van der Waals surface area contributed by atoms with Gasteiger partial charge in [0.1, 0.15) is 13.2 Å². The van der Waals surface area contributed by atoms with Crippen molar-refractivity contribution in [2.45, 2.75) is 26.4 Å². The van der Waals surface area contributed by atoms with Crippen LogP contribution in [0.2, 0.25) is 0 Å². The van der Waals surface area contributed by atoms with E-state index < -0.39 is 0 Å². The largest absolute Gasteiger partial charge is 0.486 e. The van der Waals surface area contributed by atoms with Gasteiger partial charge in [0.05, 0.1) is 18.8 Å². The Hall–Kier alpha value is -3.35. The van der Waals surface area contributed by atoms with Crippen LogP contribution in [0, 0.1) is 5.92 Å². The highest BCUT2D eigenvalue weighted by Gasteiger charge is 2.23. The summed E-state index contributed by atoms with van der Waals surface area (Å²) in [7, 11) is 0. The average molecular weight is 392 g/mol. The first-order valence-corrected chi connectivity index (χ1v) is 9.74. The highest BCUT2D eigenvalue weighted by Crippen LogP contribution is 2.34. The van der Waals surface area contributed by atoms with Crippen molar-refractivity contribution < 1.29 is 14.3 Å². The van der Waals surface area contributed by atoms with Crippen LogP contribution in [0.4, 0.5) is 0 Å². The monoisotopic (exact) mass is 392 g/mol. The van der Waals surface area contributed by atoms with Crippen molar-refractivity contribution in [1.29, 1.82) is 0 Å². The van der Waals surface area contributed by atoms with Crippen molar-refractivity contribution in [2.75, 3.05) is 13.2 Å². The van der Waals surface area contributed by atoms with Gasteiger partial charge in [-0.2, -0.15) is 0 Å². The number of hydrogen-bond acceptors (Lipinski definition) is 5. The molecule has 7 nitrogen and oxygen atoms in total. The van der Waals surface area contributed by atoms with Crippen molar-refractivity contribution in [3.8, 4) is 11.5 Å². The van der Waals surface area contributed by atoms with Crippen LogP contribution in [-0.4, -0.2) is 34.1 Å². The van der Waals surface area contributed by atoms with Gasteiger partial charge in [-0.25, -0.2) is 4.68 Å². The number of carbonyl (C=O) groups is 1. The van der Waals surface area contributed by atoms with Crippen molar-refractivity contribution in [2.24, 2.45) is 5.92 Å². The second-order valence-corrected chi connectivity index (χ2v) is 7.39. The highest BCUT2D eigenvalue weighted by atomic mass is 16.6. The van der Waals surface area contributed by atoms with Gasteiger partial charge >= 0.3 is 0 Å². The summed E-state index contributed by atoms with van der Waals surface area (Å²) in [6, 6.07) is 15.5. The fourth-order valence-electron chi connectivity index (χ4n) is 3.35. The molecule has 2 aromatic carbocycles. The number of hydrogen-bond donors (Lipinski definition) is 1. The number of benzene rings is 2. The van der Waals surface area contributed by atoms with E-state index in [0.717, 1.165) is 16.9 Å². The van der Waals surface area contributed by atoms with Crippen LogP contribution in [0.5, 0.6) is 11.5 Å². The van der Waals surface area contributed by atoms with E-state index in [2.05, 4.69) is 29.5 Å². The zero-order chi connectivity index (χ0) is 20.2. The van der Waals surface area contributed by atoms with Crippen molar-refractivity contribution in [3.05, 3.63) is 71.5 Å². The Balaban J connectivity index is 1.48. The normalized spacial score (nSPS) is 13.9. The summed E-state index contributed by atoms with van der Waals surface area (Å²) in [5.41, 5.74) is 2.36. The molecule has 1 amide bonds. The first-order chi connectivity index (χ1) is 14.1. The molecule has 4 rings (SSSR count). The van der Waals surface area contributed by atoms with Gasteiger partial charge in [0.25, 0.3) is 5.91 Å². The van der Waals surface area contributed by atoms with Crippen LogP contribution >= 0.6 is 0 Å². The van der Waals surface area contributed by atoms with E-state index in [-0.39, 0.29) is 17.9 Å². The predicted molar refractivity (Wildman–Crippen MR) is 108 cm³/mol. The summed E-state index contributed by atoms with van der Waals surface area (Å²) in [4.78, 5) is 12.8. The summed E-state index contributed by atoms with van der Waals surface area (Å²) in [5.74, 6) is 1.37. The summed E-state index contributed by atoms with van der Waals surface area (Å²) < 4.78 is 12.9. The number of carbonyl (C=O) groups excluding carboxylic acids is 1. The van der Waals surface area contributed by atoms with Gasteiger partial charge in [-0.15, -0.1) is 5.10 Å². The van der Waals surface area contributed by atoms with E-state index in [1.165, 1.54) is 0 Å². The minimum Gasteiger partial charge on any atom is -0.486 e. The Labute approximate surface area is 169 Å². The van der Waals surface area contributed by atoms with E-state index in [9.17, 15) is 4.79 Å². The summed E-state index contributed by atoms with van der Waals surface area (Å²) >= 11 is 0. The third-order valence-corrected chi connectivity index (χ3v) is 4.84. The number of nitrogens with zero attached hydrogens (tertiary/aromatic N) is 3. The molecule has 7 heteroatoms. The predicted octanol–water partition coefficient (Wildman–Crippen LogP) is 3.22. The second kappa shape index (κ2) is 8.34. The average Bonchev–Trinajstić information content (AvgIpc) is 3.20. The molecule has 0 unspecified atom stereocenters. The number of ether oxygens (including phenoxy) is 2. The van der Waals surface area contributed by atoms with Gasteiger partial charge in [-0.05, 0) is 29.2 Å². The minimum absolute atomic E-state index is 0.181. The van der Waals surface area contributed by atoms with Crippen molar-refractivity contribution in [3.63, 3.8) is 0 Å². The van der Waals surface area contributed by atoms with Crippen molar-refractivity contribution in [1.82, 2.24) is 20.3 Å². The van der Waals surface area contributed by atoms with Gasteiger partial charge in [0.15, 0.2) is 17.2 Å². The molecule has 0 aliphatic carbocycles. The zero-order valence-corrected chi connectivity index (χ0v) is 16.5. The molecule has 1 aromatic heterocycles. The molecule has 1 N–H and O–H groups in total. The molecule has 3 aromatic rings. The summed E-state index contributed by atoms with van der Waals surface area (Å²) in [6.07, 6.45) is 1.67. The molecule has 1 aliphatic rings. The second-order valence-electron chi connectivity index (χ2n) is 7.39. The van der Waals surface area contributed by atoms with Gasteiger partial charge in [0.2, 0.25) is 0 Å². The number of amides is 1. The standard InChI is InChI=1S/C22H24N4O3/c1-15(2)21(17-8-9-19-20(12-17)29-11-10-28-19)23-22(27)18-14-26(25-24-18)13-16-6-4-3-5-7-16/h3-9,12,14-15,21H,10-11,13H2,1-2H3,(H,23,27)/t21-/m0/s1. The molecule has 29 heavy (non-hydrogen) atoms. The number of nitrogens with one attached hydrogen (secondary N) is 1. The number of aromatic nitrogens is 3. The Morgan fingerprint density at radius 1 is 1.10 bits per heavy atom. The van der Waals surface area contributed by atoms with Gasteiger partial charge in [0, 0.05) is 0 Å². The molecule has 2 heterocycles. The topological polar surface area (TPSA) is 78.3 Å². The molecule has 1 aliphatic heterocycles. The molecule has 0 saturated heterocycles. The van der Waals surface area contributed by atoms with Crippen LogP contribution in [0.15, 0.2) is 54.7 Å². The summed E-state index contributed by atoms with van der Waals surface area (Å²) in [6.45, 7) is 5.77. The molecule has 0 saturated carbocycles. The lowest BCUT2D eigenvalue weighted by Gasteiger charge is -2.25. The van der Waals surface area contributed by atoms with E-state index in [1.54, 1.807) is 10.9 Å². The first kappa shape index (κ1) is 19.0. The Bertz CT molecular complexity index is 985. The van der Waals surface area contributed by atoms with Crippen LogP contribution < -0.4 is 14.8 Å². The van der Waals surface area contributed by atoms with Crippen LogP contribution in [0.25, 0.3) is 0 Å². The fourth-order valence-corrected chi connectivity index (χ4v) is 3.35. The smallest absolute Gasteiger partial charge is 0.273 e. The maximum atomic E-state index is 12.8. The lowest BCUT2D eigenvalue weighted by molar-refractivity contribution is 0.0920. The van der Waals surface area contributed by atoms with Gasteiger partial charge in [-0.1, -0.05) is 55.5 Å². The van der Waals surface area contributed by atoms with Crippen molar-refractivity contribution >= 4 is 5.91 Å². The van der Waals surface area contributed by atoms with Crippen LogP contribution in [0.3, 0.4) is 0 Å². The Kier molecular flexibility index (Phi) is 5.46. The lowest BCUT2D eigenvalue weighted by Crippen LogP contribution is -2.32. The third kappa shape index (κ3) is 4.39. The minimum atomic E-state index is -0.252. The van der Waals surface area contributed by atoms with Crippen LogP contribution in [-0.2, 0) is 6.54 Å². The molecule has 0 fully saturated rings. The quantitative estimate of drug-likeness (QED) is 0.697. The molecule has 0 spiro atoms. The van der Waals surface area contributed by atoms with Gasteiger partial charge in [-0.3, -0.25) is 4.79 Å².